The van der Waals surface area contributed by atoms with E-state index in [1.165, 1.54) is 30.3 Å². The van der Waals surface area contributed by atoms with Crippen molar-refractivity contribution in [1.29, 1.82) is 0 Å². The van der Waals surface area contributed by atoms with E-state index in [-0.39, 0.29) is 12.5 Å². The lowest BCUT2D eigenvalue weighted by Crippen LogP contribution is -2.47. The van der Waals surface area contributed by atoms with Gasteiger partial charge in [-0.15, -0.1) is 0 Å². The number of nitrogens with one attached hydrogen (secondary N) is 2. The summed E-state index contributed by atoms with van der Waals surface area (Å²) < 4.78 is 42.2. The smallest absolute Gasteiger partial charge is 0.374 e. The summed E-state index contributed by atoms with van der Waals surface area (Å²) in [5.41, 5.74) is -3.06. The van der Waals surface area contributed by atoms with E-state index in [9.17, 15) is 18.3 Å². The third kappa shape index (κ3) is 4.58. The molecule has 2 aromatic heterocycles. The highest BCUT2D eigenvalue weighted by atomic mass is 19.4. The second-order valence-corrected chi connectivity index (χ2v) is 7.34. The first-order chi connectivity index (χ1) is 14.3. The van der Waals surface area contributed by atoms with Gasteiger partial charge in [-0.05, 0) is 19.8 Å². The Balaban J connectivity index is 1.68. The van der Waals surface area contributed by atoms with Crippen LogP contribution in [0.15, 0.2) is 23.7 Å². The zero-order valence-corrected chi connectivity index (χ0v) is 17.0. The van der Waals surface area contributed by atoms with Gasteiger partial charge < -0.3 is 19.9 Å². The van der Waals surface area contributed by atoms with Gasteiger partial charge in [0.25, 0.3) is 0 Å². The topological polar surface area (TPSA) is 107 Å². The molecular formula is C18H27F3N8O. The molecule has 0 radical (unpaired) electrons. The summed E-state index contributed by atoms with van der Waals surface area (Å²) in [4.78, 5) is 14.3. The molecule has 1 atom stereocenters. The number of hydrogen-bond acceptors (Lipinski definition) is 5. The molecule has 30 heavy (non-hydrogen) atoms. The van der Waals surface area contributed by atoms with E-state index in [0.717, 1.165) is 18.7 Å². The lowest BCUT2D eigenvalue weighted by Gasteiger charge is -2.34. The van der Waals surface area contributed by atoms with Crippen molar-refractivity contribution < 1.29 is 18.3 Å². The number of piperidine rings is 1. The molecule has 1 aliphatic rings. The van der Waals surface area contributed by atoms with Crippen LogP contribution in [0.5, 0.6) is 0 Å². The van der Waals surface area contributed by atoms with Crippen LogP contribution in [-0.2, 0) is 12.6 Å². The maximum absolute atomic E-state index is 13.7. The summed E-state index contributed by atoms with van der Waals surface area (Å²) in [6.45, 7) is 3.67. The summed E-state index contributed by atoms with van der Waals surface area (Å²) >= 11 is 0. The molecule has 0 amide bonds. The highest BCUT2D eigenvalue weighted by molar-refractivity contribution is 5.80. The highest BCUT2D eigenvalue weighted by Crippen LogP contribution is 2.40. The number of imidazole rings is 1. The van der Waals surface area contributed by atoms with Gasteiger partial charge in [0, 0.05) is 58.0 Å². The summed E-state index contributed by atoms with van der Waals surface area (Å²) in [5.74, 6) is 1.22. The molecule has 1 fully saturated rings. The number of aliphatic imine (C=N–C) groups is 1. The fraction of sp³-hybridized carbons (Fsp3) is 0.667. The number of rotatable bonds is 6. The van der Waals surface area contributed by atoms with Gasteiger partial charge in [-0.3, -0.25) is 10.1 Å². The van der Waals surface area contributed by atoms with Gasteiger partial charge in [0.15, 0.2) is 5.96 Å². The van der Waals surface area contributed by atoms with Gasteiger partial charge in [0.05, 0.1) is 0 Å². The second-order valence-electron chi connectivity index (χ2n) is 7.34. The Kier molecular flexibility index (Phi) is 6.64. The first kappa shape index (κ1) is 22.1. The Morgan fingerprint density at radius 2 is 2.07 bits per heavy atom. The molecule has 0 saturated carbocycles. The van der Waals surface area contributed by atoms with Crippen molar-refractivity contribution in [3.05, 3.63) is 30.4 Å². The van der Waals surface area contributed by atoms with Crippen LogP contribution in [0.25, 0.3) is 0 Å². The fourth-order valence-electron chi connectivity index (χ4n) is 3.67. The van der Waals surface area contributed by atoms with Gasteiger partial charge in [0.1, 0.15) is 18.0 Å². The SMILES string of the molecule is CCNC(=NCCC(O)(c1nccn1C)C(F)(F)F)N1CCC(c2ncn[nH]2)CC1. The quantitative estimate of drug-likeness (QED) is 0.476. The predicted octanol–water partition coefficient (Wildman–Crippen LogP) is 1.52. The molecule has 3 N–H and O–H groups in total. The Morgan fingerprint density at radius 1 is 1.33 bits per heavy atom. The van der Waals surface area contributed by atoms with Crippen LogP contribution >= 0.6 is 0 Å². The zero-order valence-electron chi connectivity index (χ0n) is 17.0. The van der Waals surface area contributed by atoms with Gasteiger partial charge in [-0.2, -0.15) is 18.3 Å². The third-order valence-electron chi connectivity index (χ3n) is 5.34. The predicted molar refractivity (Wildman–Crippen MR) is 104 cm³/mol. The lowest BCUT2D eigenvalue weighted by molar-refractivity contribution is -0.272. The van der Waals surface area contributed by atoms with Crippen molar-refractivity contribution in [1.82, 2.24) is 34.9 Å². The van der Waals surface area contributed by atoms with Crippen LogP contribution in [0, 0.1) is 0 Å². The van der Waals surface area contributed by atoms with Crippen molar-refractivity contribution >= 4 is 5.96 Å². The number of H-pyrrole nitrogens is 1. The van der Waals surface area contributed by atoms with Crippen LogP contribution < -0.4 is 5.32 Å². The molecule has 0 aliphatic carbocycles. The highest BCUT2D eigenvalue weighted by Gasteiger charge is 2.57. The monoisotopic (exact) mass is 428 g/mol. The minimum Gasteiger partial charge on any atom is -0.374 e. The Bertz CT molecular complexity index is 827. The molecule has 1 saturated heterocycles. The van der Waals surface area contributed by atoms with Gasteiger partial charge in [-0.1, -0.05) is 0 Å². The molecule has 1 aliphatic heterocycles. The number of guanidine groups is 1. The van der Waals surface area contributed by atoms with Crippen LogP contribution in [0.1, 0.15) is 43.8 Å². The number of aromatic nitrogens is 5. The maximum atomic E-state index is 13.7. The largest absolute Gasteiger partial charge is 0.424 e. The van der Waals surface area contributed by atoms with E-state index in [4.69, 9.17) is 0 Å². The summed E-state index contributed by atoms with van der Waals surface area (Å²) in [6.07, 6.45) is 0.270. The fourth-order valence-corrected chi connectivity index (χ4v) is 3.67. The molecule has 0 bridgehead atoms. The van der Waals surface area contributed by atoms with E-state index < -0.39 is 24.0 Å². The molecule has 1 unspecified atom stereocenters. The van der Waals surface area contributed by atoms with Crippen molar-refractivity contribution in [2.45, 2.75) is 43.9 Å². The van der Waals surface area contributed by atoms with E-state index in [0.29, 0.717) is 25.6 Å². The zero-order chi connectivity index (χ0) is 21.8. The number of aryl methyl sites for hydroxylation is 1. The molecular weight excluding hydrogens is 401 g/mol. The number of halogens is 3. The van der Waals surface area contributed by atoms with Crippen molar-refractivity contribution in [3.8, 4) is 0 Å². The third-order valence-corrected chi connectivity index (χ3v) is 5.34. The van der Waals surface area contributed by atoms with Crippen LogP contribution in [0.3, 0.4) is 0 Å². The van der Waals surface area contributed by atoms with E-state index >= 15 is 0 Å². The van der Waals surface area contributed by atoms with Crippen molar-refractivity contribution in [3.63, 3.8) is 0 Å². The number of aromatic amines is 1. The van der Waals surface area contributed by atoms with E-state index in [2.05, 4.69) is 30.5 Å². The Labute approximate surface area is 172 Å². The molecule has 166 valence electrons. The summed E-state index contributed by atoms with van der Waals surface area (Å²) in [5, 5.41) is 20.4. The summed E-state index contributed by atoms with van der Waals surface area (Å²) in [7, 11) is 1.42. The van der Waals surface area contributed by atoms with Gasteiger partial charge in [0.2, 0.25) is 5.60 Å². The maximum Gasteiger partial charge on any atom is 0.424 e. The molecule has 3 rings (SSSR count). The van der Waals surface area contributed by atoms with Gasteiger partial charge >= 0.3 is 6.18 Å². The molecule has 0 spiro atoms. The Morgan fingerprint density at radius 3 is 2.60 bits per heavy atom. The van der Waals surface area contributed by atoms with Crippen LogP contribution in [0.2, 0.25) is 0 Å². The lowest BCUT2D eigenvalue weighted by atomic mass is 9.96. The van der Waals surface area contributed by atoms with Crippen molar-refractivity contribution in [2.24, 2.45) is 12.0 Å². The second kappa shape index (κ2) is 9.02. The van der Waals surface area contributed by atoms with E-state index in [1.807, 2.05) is 11.8 Å². The standard InChI is InChI=1S/C18H27F3N8O/c1-3-22-16(29-9-4-13(5-10-29)14-25-12-26-27-14)24-7-6-17(30,18(19,20)21)15-23-8-11-28(15)2/h8,11-13,30H,3-7,9-10H2,1-2H3,(H,22,24)(H,25,26,27). The average Bonchev–Trinajstić information content (AvgIpc) is 3.38. The number of nitrogens with zero attached hydrogens (tertiary/aromatic N) is 6. The Hall–Kier alpha value is -2.63. The molecule has 2 aromatic rings. The number of aliphatic hydroxyl groups is 1. The molecule has 12 heteroatoms. The van der Waals surface area contributed by atoms with Gasteiger partial charge in [-0.25, -0.2) is 9.97 Å². The molecule has 3 heterocycles. The number of hydrogen-bond donors (Lipinski definition) is 3. The first-order valence-corrected chi connectivity index (χ1v) is 9.91. The number of alkyl halides is 3. The normalized spacial score (nSPS) is 18.5. The summed E-state index contributed by atoms with van der Waals surface area (Å²) in [6, 6.07) is 0. The van der Waals surface area contributed by atoms with Crippen molar-refractivity contribution in [2.75, 3.05) is 26.2 Å². The number of likely N-dealkylation sites (tertiary alicyclic amines) is 1. The molecule has 0 aromatic carbocycles. The average molecular weight is 428 g/mol. The minimum absolute atomic E-state index is 0.201. The van der Waals surface area contributed by atoms with Crippen LogP contribution in [-0.4, -0.2) is 73.1 Å². The molecule has 9 nitrogen and oxygen atoms in total. The van der Waals surface area contributed by atoms with E-state index in [1.54, 1.807) is 0 Å². The first-order valence-electron chi connectivity index (χ1n) is 9.91. The minimum atomic E-state index is -4.87. The van der Waals surface area contributed by atoms with Crippen LogP contribution in [0.4, 0.5) is 13.2 Å².